The van der Waals surface area contributed by atoms with Gasteiger partial charge in [0.2, 0.25) is 10.0 Å². The van der Waals surface area contributed by atoms with Gasteiger partial charge in [0, 0.05) is 32.4 Å². The van der Waals surface area contributed by atoms with Crippen LogP contribution < -0.4 is 0 Å². The number of amides is 1. The second-order valence-corrected chi connectivity index (χ2v) is 9.62. The number of carbonyl (C=O) groups is 2. The first kappa shape index (κ1) is 22.9. The highest BCUT2D eigenvalue weighted by atomic mass is 32.2. The monoisotopic (exact) mass is 467 g/mol. The summed E-state index contributed by atoms with van der Waals surface area (Å²) in [7, 11) is -3.68. The first-order valence-corrected chi connectivity index (χ1v) is 12.2. The van der Waals surface area contributed by atoms with Crippen LogP contribution in [0.4, 0.5) is 0 Å². The van der Waals surface area contributed by atoms with Crippen LogP contribution in [0.5, 0.6) is 0 Å². The van der Waals surface area contributed by atoms with Crippen molar-refractivity contribution < 1.29 is 22.7 Å². The number of hydrogen-bond acceptors (Lipinski definition) is 6. The molecule has 0 spiro atoms. The Morgan fingerprint density at radius 2 is 1.70 bits per heavy atom. The van der Waals surface area contributed by atoms with E-state index in [4.69, 9.17) is 4.74 Å². The molecule has 2 aromatic carbocycles. The summed E-state index contributed by atoms with van der Waals surface area (Å²) in [4.78, 5) is 31.0. The minimum atomic E-state index is -3.68. The van der Waals surface area contributed by atoms with E-state index in [1.165, 1.54) is 10.5 Å². The molecule has 1 aliphatic heterocycles. The molecule has 0 N–H and O–H groups in total. The highest BCUT2D eigenvalue weighted by Crippen LogP contribution is 2.23. The zero-order valence-electron chi connectivity index (χ0n) is 18.3. The number of esters is 1. The molecule has 1 amide bonds. The van der Waals surface area contributed by atoms with Crippen LogP contribution in [0.2, 0.25) is 0 Å². The summed E-state index contributed by atoms with van der Waals surface area (Å²) in [6, 6.07) is 16.0. The van der Waals surface area contributed by atoms with Crippen molar-refractivity contribution in [1.82, 2.24) is 14.2 Å². The lowest BCUT2D eigenvalue weighted by molar-refractivity contribution is -0.142. The van der Waals surface area contributed by atoms with E-state index in [-0.39, 0.29) is 50.0 Å². The maximum Gasteiger partial charge on any atom is 0.311 e. The molecule has 0 radical (unpaired) electrons. The number of carbonyl (C=O) groups excluding carboxylic acids is 2. The topological polar surface area (TPSA) is 96.9 Å². The van der Waals surface area contributed by atoms with Gasteiger partial charge in [0.25, 0.3) is 5.91 Å². The first-order chi connectivity index (χ1) is 15.9. The fraction of sp³-hybridized carbons (Fsp3) is 0.292. The molecule has 0 bridgehead atoms. The summed E-state index contributed by atoms with van der Waals surface area (Å²) in [6.07, 6.45) is 1.44. The average molecular weight is 468 g/mol. The van der Waals surface area contributed by atoms with Crippen LogP contribution in [-0.4, -0.2) is 67.3 Å². The molecule has 4 rings (SSSR count). The van der Waals surface area contributed by atoms with Crippen molar-refractivity contribution in [2.24, 2.45) is 0 Å². The SMILES string of the molecule is CCOC(=O)Cc1ncccc1C(=O)N1CCN(S(=O)(=O)c2ccc3ccccc3c2)CC1. The fourth-order valence-corrected chi connectivity index (χ4v) is 5.36. The molecule has 0 aliphatic carbocycles. The molecule has 8 nitrogen and oxygen atoms in total. The summed E-state index contributed by atoms with van der Waals surface area (Å²) < 4.78 is 32.7. The lowest BCUT2D eigenvalue weighted by Crippen LogP contribution is -2.50. The highest BCUT2D eigenvalue weighted by Gasteiger charge is 2.31. The summed E-state index contributed by atoms with van der Waals surface area (Å²) in [6.45, 7) is 2.85. The number of benzene rings is 2. The van der Waals surface area contributed by atoms with E-state index in [1.807, 2.05) is 24.3 Å². The number of piperazine rings is 1. The largest absolute Gasteiger partial charge is 0.466 e. The van der Waals surface area contributed by atoms with Crippen LogP contribution in [0.25, 0.3) is 10.8 Å². The molecule has 2 heterocycles. The number of sulfonamides is 1. The Labute approximate surface area is 192 Å². The van der Waals surface area contributed by atoms with Crippen LogP contribution in [-0.2, 0) is 26.0 Å². The lowest BCUT2D eigenvalue weighted by Gasteiger charge is -2.34. The third kappa shape index (κ3) is 4.89. The van der Waals surface area contributed by atoms with Gasteiger partial charge >= 0.3 is 5.97 Å². The van der Waals surface area contributed by atoms with E-state index in [9.17, 15) is 18.0 Å². The van der Waals surface area contributed by atoms with Gasteiger partial charge in [0.05, 0.1) is 29.2 Å². The van der Waals surface area contributed by atoms with Crippen LogP contribution in [0.15, 0.2) is 65.7 Å². The Balaban J connectivity index is 1.46. The molecule has 9 heteroatoms. The normalized spacial score (nSPS) is 14.9. The van der Waals surface area contributed by atoms with Crippen molar-refractivity contribution in [2.45, 2.75) is 18.2 Å². The van der Waals surface area contributed by atoms with E-state index in [2.05, 4.69) is 4.98 Å². The second-order valence-electron chi connectivity index (χ2n) is 7.68. The number of aromatic nitrogens is 1. The third-order valence-corrected chi connectivity index (χ3v) is 7.52. The zero-order valence-corrected chi connectivity index (χ0v) is 19.1. The standard InChI is InChI=1S/C24H25N3O5S/c1-2-32-23(28)17-22-21(8-5-11-25-22)24(29)26-12-14-27(15-13-26)33(30,31)20-10-9-18-6-3-4-7-19(18)16-20/h3-11,16H,2,12-15,17H2,1H3. The van der Waals surface area contributed by atoms with Gasteiger partial charge in [-0.3, -0.25) is 14.6 Å². The van der Waals surface area contributed by atoms with Crippen LogP contribution in [0, 0.1) is 0 Å². The molecule has 1 aromatic heterocycles. The van der Waals surface area contributed by atoms with Gasteiger partial charge in [-0.05, 0) is 42.0 Å². The van der Waals surface area contributed by atoms with Crippen molar-refractivity contribution >= 4 is 32.7 Å². The van der Waals surface area contributed by atoms with Crippen molar-refractivity contribution in [2.75, 3.05) is 32.8 Å². The number of ether oxygens (including phenoxy) is 1. The van der Waals surface area contributed by atoms with Gasteiger partial charge < -0.3 is 9.64 Å². The maximum absolute atomic E-state index is 13.2. The number of nitrogens with zero attached hydrogens (tertiary/aromatic N) is 3. The maximum atomic E-state index is 13.2. The summed E-state index contributed by atoms with van der Waals surface area (Å²) >= 11 is 0. The van der Waals surface area contributed by atoms with Crippen molar-refractivity contribution in [1.29, 1.82) is 0 Å². The van der Waals surface area contributed by atoms with Gasteiger partial charge in [-0.15, -0.1) is 0 Å². The summed E-state index contributed by atoms with van der Waals surface area (Å²) in [5, 5.41) is 1.83. The molecule has 1 fully saturated rings. The predicted octanol–water partition coefficient (Wildman–Crippen LogP) is 2.49. The van der Waals surface area contributed by atoms with Gasteiger partial charge in [0.1, 0.15) is 0 Å². The Morgan fingerprint density at radius 1 is 0.970 bits per heavy atom. The van der Waals surface area contributed by atoms with E-state index >= 15 is 0 Å². The zero-order chi connectivity index (χ0) is 23.4. The van der Waals surface area contributed by atoms with Crippen molar-refractivity contribution in [3.63, 3.8) is 0 Å². The van der Waals surface area contributed by atoms with Gasteiger partial charge in [0.15, 0.2) is 0 Å². The van der Waals surface area contributed by atoms with E-state index in [0.29, 0.717) is 11.3 Å². The number of hydrogen-bond donors (Lipinski definition) is 0. The van der Waals surface area contributed by atoms with Crippen LogP contribution in [0.3, 0.4) is 0 Å². The van der Waals surface area contributed by atoms with Gasteiger partial charge in [-0.2, -0.15) is 4.31 Å². The van der Waals surface area contributed by atoms with Gasteiger partial charge in [-0.25, -0.2) is 8.42 Å². The predicted molar refractivity (Wildman–Crippen MR) is 123 cm³/mol. The molecular weight excluding hydrogens is 442 g/mol. The Morgan fingerprint density at radius 3 is 2.42 bits per heavy atom. The molecule has 172 valence electrons. The summed E-state index contributed by atoms with van der Waals surface area (Å²) in [5.74, 6) is -0.721. The number of rotatable bonds is 6. The van der Waals surface area contributed by atoms with Crippen LogP contribution >= 0.6 is 0 Å². The molecule has 33 heavy (non-hydrogen) atoms. The average Bonchev–Trinajstić information content (AvgIpc) is 2.84. The van der Waals surface area contributed by atoms with Crippen LogP contribution in [0.1, 0.15) is 23.0 Å². The van der Waals surface area contributed by atoms with Gasteiger partial charge in [-0.1, -0.05) is 30.3 Å². The highest BCUT2D eigenvalue weighted by molar-refractivity contribution is 7.89. The minimum Gasteiger partial charge on any atom is -0.466 e. The van der Waals surface area contributed by atoms with E-state index < -0.39 is 16.0 Å². The molecule has 0 atom stereocenters. The van der Waals surface area contributed by atoms with E-state index in [0.717, 1.165) is 10.8 Å². The lowest BCUT2D eigenvalue weighted by atomic mass is 10.1. The number of fused-ring (bicyclic) bond motifs is 1. The molecule has 0 saturated carbocycles. The summed E-state index contributed by atoms with van der Waals surface area (Å²) in [5.41, 5.74) is 0.684. The molecule has 3 aromatic rings. The Kier molecular flexibility index (Phi) is 6.71. The third-order valence-electron chi connectivity index (χ3n) is 5.62. The van der Waals surface area contributed by atoms with Crippen molar-refractivity contribution in [3.05, 3.63) is 72.1 Å². The first-order valence-electron chi connectivity index (χ1n) is 10.8. The number of pyridine rings is 1. The van der Waals surface area contributed by atoms with Crippen molar-refractivity contribution in [3.8, 4) is 0 Å². The second kappa shape index (κ2) is 9.68. The molecule has 0 unspecified atom stereocenters. The molecule has 1 aliphatic rings. The Bertz CT molecular complexity index is 1280. The fourth-order valence-electron chi connectivity index (χ4n) is 3.90. The minimum absolute atomic E-state index is 0.0912. The molecular formula is C24H25N3O5S. The molecule has 1 saturated heterocycles. The van der Waals surface area contributed by atoms with E-state index in [1.54, 1.807) is 42.2 Å². The smallest absolute Gasteiger partial charge is 0.311 e. The Hall–Kier alpha value is -3.30. The quantitative estimate of drug-likeness (QED) is 0.517.